The van der Waals surface area contributed by atoms with Crippen molar-refractivity contribution in [2.24, 2.45) is 0 Å². The average molecular weight is 486 g/mol. The van der Waals surface area contributed by atoms with Crippen molar-refractivity contribution in [1.29, 1.82) is 0 Å². The predicted octanol–water partition coefficient (Wildman–Crippen LogP) is 4.94. The molecule has 0 aliphatic rings. The summed E-state index contributed by atoms with van der Waals surface area (Å²) in [5, 5.41) is 12.7. The highest BCUT2D eigenvalue weighted by molar-refractivity contribution is 5.78. The van der Waals surface area contributed by atoms with Gasteiger partial charge >= 0.3 is 5.97 Å². The van der Waals surface area contributed by atoms with E-state index in [2.05, 4.69) is 15.3 Å². The number of benzene rings is 3. The Bertz CT molecular complexity index is 1300. The Balaban J connectivity index is 1.56. The molecule has 1 aromatic heterocycles. The largest absolute Gasteiger partial charge is 0.493 e. The molecule has 0 aliphatic carbocycles. The smallest absolute Gasteiger partial charge is 0.326 e. The number of nitrogens with zero attached hydrogens (tertiary/aromatic N) is 2. The van der Waals surface area contributed by atoms with Crippen LogP contribution in [0.4, 0.5) is 5.82 Å². The summed E-state index contributed by atoms with van der Waals surface area (Å²) >= 11 is 0. The van der Waals surface area contributed by atoms with Gasteiger partial charge in [0.1, 0.15) is 18.2 Å². The van der Waals surface area contributed by atoms with E-state index >= 15 is 0 Å². The summed E-state index contributed by atoms with van der Waals surface area (Å²) in [6.07, 6.45) is 1.76. The minimum atomic E-state index is -0.950. The zero-order chi connectivity index (χ0) is 25.5. The van der Waals surface area contributed by atoms with Crippen LogP contribution in [-0.4, -0.2) is 48.4 Å². The highest BCUT2D eigenvalue weighted by atomic mass is 16.5. The lowest BCUT2D eigenvalue weighted by molar-refractivity contribution is -0.137. The molecule has 0 amide bonds. The molecule has 184 valence electrons. The molecule has 4 aromatic rings. The Morgan fingerprint density at radius 3 is 2.06 bits per heavy atom. The molecule has 1 heterocycles. The number of hydrogen-bond donors (Lipinski definition) is 2. The molecular weight excluding hydrogens is 458 g/mol. The molecule has 1 unspecified atom stereocenters. The molecule has 0 saturated heterocycles. The van der Waals surface area contributed by atoms with Gasteiger partial charge in [-0.3, -0.25) is 0 Å². The van der Waals surface area contributed by atoms with E-state index in [4.69, 9.17) is 14.2 Å². The minimum Gasteiger partial charge on any atom is -0.493 e. The lowest BCUT2D eigenvalue weighted by Gasteiger charge is -2.16. The van der Waals surface area contributed by atoms with Crippen LogP contribution in [0.25, 0.3) is 22.4 Å². The Labute approximate surface area is 209 Å². The van der Waals surface area contributed by atoms with Gasteiger partial charge in [-0.05, 0) is 28.8 Å². The summed E-state index contributed by atoms with van der Waals surface area (Å²) in [5.41, 5.74) is 4.33. The molecule has 0 fully saturated rings. The minimum absolute atomic E-state index is 0.332. The van der Waals surface area contributed by atoms with E-state index in [1.165, 1.54) is 6.33 Å². The van der Waals surface area contributed by atoms with Gasteiger partial charge in [0, 0.05) is 18.1 Å². The monoisotopic (exact) mass is 485 g/mol. The van der Waals surface area contributed by atoms with Crippen LogP contribution in [0.15, 0.2) is 79.1 Å². The van der Waals surface area contributed by atoms with E-state index in [0.717, 1.165) is 22.3 Å². The normalized spacial score (nSPS) is 11.4. The Hall–Kier alpha value is -4.59. The number of carbonyl (C=O) groups is 1. The first kappa shape index (κ1) is 24.5. The van der Waals surface area contributed by atoms with E-state index in [-0.39, 0.29) is 0 Å². The van der Waals surface area contributed by atoms with Crippen molar-refractivity contribution >= 4 is 11.8 Å². The second kappa shape index (κ2) is 11.2. The van der Waals surface area contributed by atoms with Crippen LogP contribution in [0.5, 0.6) is 17.2 Å². The van der Waals surface area contributed by atoms with E-state index in [1.54, 1.807) is 27.4 Å². The van der Waals surface area contributed by atoms with Crippen LogP contribution in [0.1, 0.15) is 5.56 Å². The molecule has 36 heavy (non-hydrogen) atoms. The van der Waals surface area contributed by atoms with Gasteiger partial charge in [-0.1, -0.05) is 54.6 Å². The Morgan fingerprint density at radius 2 is 1.47 bits per heavy atom. The lowest BCUT2D eigenvalue weighted by Crippen LogP contribution is -2.31. The number of carboxylic acids is 1. The van der Waals surface area contributed by atoms with Crippen molar-refractivity contribution in [1.82, 2.24) is 9.97 Å². The number of rotatable bonds is 10. The fourth-order valence-corrected chi connectivity index (χ4v) is 3.90. The van der Waals surface area contributed by atoms with Crippen LogP contribution >= 0.6 is 0 Å². The number of aliphatic carboxylic acids is 1. The molecule has 0 radical (unpaired) electrons. The molecule has 8 heteroatoms. The SMILES string of the molecule is COc1cc(-c2ccc(-c3cc(NC(Cc4ccccc4)C(=O)O)ncn3)cc2)cc(OC)c1OC. The van der Waals surface area contributed by atoms with Crippen LogP contribution in [0.3, 0.4) is 0 Å². The van der Waals surface area contributed by atoms with E-state index in [0.29, 0.717) is 35.2 Å². The third kappa shape index (κ3) is 5.55. The summed E-state index contributed by atoms with van der Waals surface area (Å²) in [7, 11) is 4.74. The second-order valence-corrected chi connectivity index (χ2v) is 8.00. The van der Waals surface area contributed by atoms with Crippen molar-refractivity contribution in [2.75, 3.05) is 26.6 Å². The van der Waals surface area contributed by atoms with Crippen LogP contribution in [0.2, 0.25) is 0 Å². The Kier molecular flexibility index (Phi) is 7.65. The van der Waals surface area contributed by atoms with Crippen LogP contribution in [0, 0.1) is 0 Å². The molecule has 1 atom stereocenters. The van der Waals surface area contributed by atoms with Gasteiger partial charge in [-0.15, -0.1) is 0 Å². The first-order valence-corrected chi connectivity index (χ1v) is 11.3. The third-order valence-corrected chi connectivity index (χ3v) is 5.75. The zero-order valence-corrected chi connectivity index (χ0v) is 20.3. The lowest BCUT2D eigenvalue weighted by atomic mass is 10.0. The molecule has 0 bridgehead atoms. The van der Waals surface area contributed by atoms with Crippen molar-refractivity contribution in [3.63, 3.8) is 0 Å². The van der Waals surface area contributed by atoms with Gasteiger partial charge in [0.15, 0.2) is 11.5 Å². The third-order valence-electron chi connectivity index (χ3n) is 5.75. The summed E-state index contributed by atoms with van der Waals surface area (Å²) in [6.45, 7) is 0. The first-order chi connectivity index (χ1) is 17.5. The quantitative estimate of drug-likeness (QED) is 0.325. The number of ether oxygens (including phenoxy) is 3. The fraction of sp³-hybridized carbons (Fsp3) is 0.179. The van der Waals surface area contributed by atoms with Crippen molar-refractivity contribution in [2.45, 2.75) is 12.5 Å². The summed E-state index contributed by atoms with van der Waals surface area (Å²) < 4.78 is 16.3. The molecule has 0 aliphatic heterocycles. The van der Waals surface area contributed by atoms with Crippen molar-refractivity contribution in [3.8, 4) is 39.6 Å². The fourth-order valence-electron chi connectivity index (χ4n) is 3.90. The highest BCUT2D eigenvalue weighted by Crippen LogP contribution is 2.41. The average Bonchev–Trinajstić information content (AvgIpc) is 2.92. The molecule has 2 N–H and O–H groups in total. The van der Waals surface area contributed by atoms with Gasteiger partial charge in [0.05, 0.1) is 27.0 Å². The molecule has 0 spiro atoms. The van der Waals surface area contributed by atoms with Crippen LogP contribution < -0.4 is 19.5 Å². The van der Waals surface area contributed by atoms with Gasteiger partial charge in [-0.2, -0.15) is 0 Å². The molecule has 3 aromatic carbocycles. The number of anilines is 1. The molecule has 4 rings (SSSR count). The van der Waals surface area contributed by atoms with Gasteiger partial charge in [-0.25, -0.2) is 14.8 Å². The highest BCUT2D eigenvalue weighted by Gasteiger charge is 2.19. The number of carboxylic acid groups (broad SMARTS) is 1. The van der Waals surface area contributed by atoms with Gasteiger partial charge in [0.2, 0.25) is 5.75 Å². The second-order valence-electron chi connectivity index (χ2n) is 8.00. The predicted molar refractivity (Wildman–Crippen MR) is 138 cm³/mol. The maximum absolute atomic E-state index is 11.8. The van der Waals surface area contributed by atoms with Gasteiger partial charge < -0.3 is 24.6 Å². The first-order valence-electron chi connectivity index (χ1n) is 11.3. The van der Waals surface area contributed by atoms with Crippen molar-refractivity contribution in [3.05, 3.63) is 84.7 Å². The molecule has 8 nitrogen and oxygen atoms in total. The number of nitrogens with one attached hydrogen (secondary N) is 1. The maximum atomic E-state index is 11.8. The molecule has 0 saturated carbocycles. The summed E-state index contributed by atoms with van der Waals surface area (Å²) in [5.74, 6) is 1.18. The topological polar surface area (TPSA) is 103 Å². The maximum Gasteiger partial charge on any atom is 0.326 e. The van der Waals surface area contributed by atoms with E-state index < -0.39 is 12.0 Å². The molecular formula is C28H27N3O5. The van der Waals surface area contributed by atoms with E-state index in [9.17, 15) is 9.90 Å². The van der Waals surface area contributed by atoms with Gasteiger partial charge in [0.25, 0.3) is 0 Å². The van der Waals surface area contributed by atoms with Crippen LogP contribution in [-0.2, 0) is 11.2 Å². The summed E-state index contributed by atoms with van der Waals surface area (Å²) in [6, 6.07) is 22.0. The Morgan fingerprint density at radius 1 is 0.833 bits per heavy atom. The number of methoxy groups -OCH3 is 3. The standard InChI is InChI=1S/C28H27N3O5/c1-34-24-14-21(15-25(35-2)27(24)36-3)19-9-11-20(12-10-19)22-16-26(30-17-29-22)31-23(28(32)33)13-18-7-5-4-6-8-18/h4-12,14-17,23H,13H2,1-3H3,(H,32,33)(H,29,30,31). The summed E-state index contributed by atoms with van der Waals surface area (Å²) in [4.78, 5) is 20.4. The zero-order valence-electron chi connectivity index (χ0n) is 20.3. The number of aromatic nitrogens is 2. The van der Waals surface area contributed by atoms with E-state index in [1.807, 2.05) is 66.7 Å². The number of hydrogen-bond acceptors (Lipinski definition) is 7. The van der Waals surface area contributed by atoms with Crippen molar-refractivity contribution < 1.29 is 24.1 Å².